The van der Waals surface area contributed by atoms with E-state index in [1.165, 1.54) is 16.9 Å². The fraction of sp³-hybridized carbons (Fsp3) is 0.310. The minimum Gasteiger partial charge on any atom is -0.497 e. The van der Waals surface area contributed by atoms with Gasteiger partial charge in [-0.25, -0.2) is 9.59 Å². The molecule has 0 radical (unpaired) electrons. The highest BCUT2D eigenvalue weighted by Gasteiger charge is 2.28. The first-order valence-corrected chi connectivity index (χ1v) is 13.2. The molecule has 0 aromatic heterocycles. The average Bonchev–Trinajstić information content (AvgIpc) is 2.91. The number of ether oxygens (including phenoxy) is 4. The van der Waals surface area contributed by atoms with Crippen molar-refractivity contribution >= 4 is 51.1 Å². The SMILES string of the molecule is COC(=O)N(Cc1ccc(OC)cc1)c1cc(N(Cc2ccc(OC)cc2)C(=O)OC(C)(C)C)cc(Br)c1Cl. The van der Waals surface area contributed by atoms with Crippen molar-refractivity contribution in [2.24, 2.45) is 0 Å². The van der Waals surface area contributed by atoms with Crippen LogP contribution >= 0.6 is 27.5 Å². The molecule has 0 aliphatic carbocycles. The molecule has 0 fully saturated rings. The molecule has 0 unspecified atom stereocenters. The van der Waals surface area contributed by atoms with E-state index in [-0.39, 0.29) is 18.1 Å². The number of nitrogens with zero attached hydrogens (tertiary/aromatic N) is 2. The lowest BCUT2D eigenvalue weighted by Crippen LogP contribution is -2.37. The first-order valence-electron chi connectivity index (χ1n) is 12.1. The molecule has 10 heteroatoms. The molecule has 3 aromatic carbocycles. The Kier molecular flexibility index (Phi) is 10.1. The van der Waals surface area contributed by atoms with Gasteiger partial charge < -0.3 is 18.9 Å². The summed E-state index contributed by atoms with van der Waals surface area (Å²) in [5, 5.41) is 0.284. The van der Waals surface area contributed by atoms with Crippen molar-refractivity contribution in [1.82, 2.24) is 0 Å². The molecule has 208 valence electrons. The topological polar surface area (TPSA) is 77.5 Å². The molecule has 0 bridgehead atoms. The van der Waals surface area contributed by atoms with Crippen LogP contribution in [0.25, 0.3) is 0 Å². The van der Waals surface area contributed by atoms with Gasteiger partial charge in [-0.15, -0.1) is 0 Å². The van der Waals surface area contributed by atoms with E-state index in [1.54, 1.807) is 59.3 Å². The summed E-state index contributed by atoms with van der Waals surface area (Å²) in [5.41, 5.74) is 1.76. The lowest BCUT2D eigenvalue weighted by atomic mass is 10.1. The van der Waals surface area contributed by atoms with Crippen LogP contribution in [0.4, 0.5) is 21.0 Å². The number of rotatable bonds is 8. The predicted octanol–water partition coefficient (Wildman–Crippen LogP) is 7.83. The summed E-state index contributed by atoms with van der Waals surface area (Å²) in [5.74, 6) is 1.39. The Labute approximate surface area is 242 Å². The predicted molar refractivity (Wildman–Crippen MR) is 156 cm³/mol. The molecule has 0 atom stereocenters. The smallest absolute Gasteiger partial charge is 0.415 e. The van der Waals surface area contributed by atoms with Crippen LogP contribution in [0.5, 0.6) is 11.5 Å². The minimum atomic E-state index is -0.728. The Balaban J connectivity index is 2.08. The number of hydrogen-bond donors (Lipinski definition) is 0. The van der Waals surface area contributed by atoms with Crippen LogP contribution in [0.3, 0.4) is 0 Å². The standard InChI is InChI=1S/C29H32BrClN2O6/c1-29(2,3)39-28(35)32(17-19-7-11-22(36-4)12-8-19)21-15-24(30)26(31)25(16-21)33(27(34)38-6)18-20-9-13-23(37-5)14-10-20/h7-16H,17-18H2,1-6H3. The number of anilines is 2. The van der Waals surface area contributed by atoms with E-state index in [2.05, 4.69) is 15.9 Å². The molecule has 0 saturated heterocycles. The Hall–Kier alpha value is -3.43. The van der Waals surface area contributed by atoms with Crippen LogP contribution < -0.4 is 19.3 Å². The Bertz CT molecular complexity index is 1290. The molecular weight excluding hydrogens is 588 g/mol. The largest absolute Gasteiger partial charge is 0.497 e. The normalized spacial score (nSPS) is 11.0. The second kappa shape index (κ2) is 13.1. The molecule has 0 saturated carbocycles. The van der Waals surface area contributed by atoms with Crippen molar-refractivity contribution in [1.29, 1.82) is 0 Å². The van der Waals surface area contributed by atoms with Gasteiger partial charge in [-0.05, 0) is 84.2 Å². The van der Waals surface area contributed by atoms with E-state index in [1.807, 2.05) is 36.4 Å². The summed E-state index contributed by atoms with van der Waals surface area (Å²) in [6, 6.07) is 18.0. The van der Waals surface area contributed by atoms with E-state index in [0.717, 1.165) is 11.1 Å². The van der Waals surface area contributed by atoms with Crippen molar-refractivity contribution in [3.8, 4) is 11.5 Å². The lowest BCUT2D eigenvalue weighted by Gasteiger charge is -2.29. The Morgan fingerprint density at radius 1 is 0.795 bits per heavy atom. The zero-order chi connectivity index (χ0) is 28.7. The number of hydrogen-bond acceptors (Lipinski definition) is 6. The number of halogens is 2. The molecule has 0 spiro atoms. The quantitative estimate of drug-likeness (QED) is 0.256. The highest BCUT2D eigenvalue weighted by Crippen LogP contribution is 2.39. The molecule has 0 aliphatic rings. The second-order valence-corrected chi connectivity index (χ2v) is 10.8. The van der Waals surface area contributed by atoms with Gasteiger partial charge in [0.15, 0.2) is 0 Å². The highest BCUT2D eigenvalue weighted by atomic mass is 79.9. The zero-order valence-electron chi connectivity index (χ0n) is 22.8. The van der Waals surface area contributed by atoms with Crippen LogP contribution in [-0.2, 0) is 22.6 Å². The average molecular weight is 620 g/mol. The van der Waals surface area contributed by atoms with Gasteiger partial charge in [-0.2, -0.15) is 0 Å². The van der Waals surface area contributed by atoms with Crippen molar-refractivity contribution < 1.29 is 28.5 Å². The van der Waals surface area contributed by atoms with E-state index < -0.39 is 17.8 Å². The van der Waals surface area contributed by atoms with Gasteiger partial charge in [-0.1, -0.05) is 35.9 Å². The molecule has 8 nitrogen and oxygen atoms in total. The first kappa shape index (κ1) is 30.1. The van der Waals surface area contributed by atoms with Gasteiger partial charge in [0.2, 0.25) is 0 Å². The molecule has 0 heterocycles. The summed E-state index contributed by atoms with van der Waals surface area (Å²) >= 11 is 10.2. The van der Waals surface area contributed by atoms with Crippen molar-refractivity contribution in [3.05, 3.63) is 81.3 Å². The number of methoxy groups -OCH3 is 3. The van der Waals surface area contributed by atoms with Crippen LogP contribution in [0.1, 0.15) is 31.9 Å². The molecule has 2 amide bonds. The fourth-order valence-electron chi connectivity index (χ4n) is 3.68. The minimum absolute atomic E-state index is 0.164. The summed E-state index contributed by atoms with van der Waals surface area (Å²) < 4.78 is 21.8. The maximum absolute atomic E-state index is 13.4. The lowest BCUT2D eigenvalue weighted by molar-refractivity contribution is 0.0577. The van der Waals surface area contributed by atoms with E-state index in [9.17, 15) is 9.59 Å². The summed E-state index contributed by atoms with van der Waals surface area (Å²) in [4.78, 5) is 29.3. The van der Waals surface area contributed by atoms with Crippen LogP contribution in [0.2, 0.25) is 5.02 Å². The van der Waals surface area contributed by atoms with Gasteiger partial charge in [0.05, 0.1) is 50.8 Å². The molecule has 39 heavy (non-hydrogen) atoms. The molecule has 3 rings (SSSR count). The second-order valence-electron chi connectivity index (χ2n) is 9.58. The fourth-order valence-corrected chi connectivity index (χ4v) is 4.33. The summed E-state index contributed by atoms with van der Waals surface area (Å²) in [6.07, 6.45) is -1.17. The van der Waals surface area contributed by atoms with Crippen LogP contribution in [0.15, 0.2) is 65.1 Å². The summed E-state index contributed by atoms with van der Waals surface area (Å²) in [7, 11) is 4.47. The maximum Gasteiger partial charge on any atom is 0.415 e. The van der Waals surface area contributed by atoms with Gasteiger partial charge >= 0.3 is 12.2 Å². The summed E-state index contributed by atoms with van der Waals surface area (Å²) in [6.45, 7) is 5.76. The number of carbonyl (C=O) groups is 2. The Morgan fingerprint density at radius 3 is 1.72 bits per heavy atom. The van der Waals surface area contributed by atoms with E-state index in [4.69, 9.17) is 30.5 Å². The molecule has 0 N–H and O–H groups in total. The van der Waals surface area contributed by atoms with Crippen LogP contribution in [-0.4, -0.2) is 39.1 Å². The van der Waals surface area contributed by atoms with Gasteiger partial charge in [0.25, 0.3) is 0 Å². The maximum atomic E-state index is 13.4. The molecular formula is C29H32BrClN2O6. The third-order valence-corrected chi connectivity index (χ3v) is 6.86. The first-order chi connectivity index (χ1) is 18.4. The van der Waals surface area contributed by atoms with Gasteiger partial charge in [-0.3, -0.25) is 9.80 Å². The monoisotopic (exact) mass is 618 g/mol. The number of carbonyl (C=O) groups excluding carboxylic acids is 2. The molecule has 0 aliphatic heterocycles. The van der Waals surface area contributed by atoms with E-state index in [0.29, 0.717) is 27.3 Å². The van der Waals surface area contributed by atoms with Crippen LogP contribution in [0, 0.1) is 0 Å². The van der Waals surface area contributed by atoms with Crippen molar-refractivity contribution in [3.63, 3.8) is 0 Å². The molecule has 3 aromatic rings. The Morgan fingerprint density at radius 2 is 1.28 bits per heavy atom. The third-order valence-electron chi connectivity index (χ3n) is 5.60. The number of benzene rings is 3. The van der Waals surface area contributed by atoms with Crippen molar-refractivity contribution in [2.75, 3.05) is 31.1 Å². The van der Waals surface area contributed by atoms with Crippen molar-refractivity contribution in [2.45, 2.75) is 39.5 Å². The van der Waals surface area contributed by atoms with E-state index >= 15 is 0 Å². The highest BCUT2D eigenvalue weighted by molar-refractivity contribution is 9.10. The van der Waals surface area contributed by atoms with Gasteiger partial charge in [0.1, 0.15) is 17.1 Å². The van der Waals surface area contributed by atoms with Gasteiger partial charge in [0, 0.05) is 4.47 Å². The third kappa shape index (κ3) is 8.03. The zero-order valence-corrected chi connectivity index (χ0v) is 25.1. The number of amides is 2.